The van der Waals surface area contributed by atoms with E-state index in [0.717, 1.165) is 6.42 Å². The summed E-state index contributed by atoms with van der Waals surface area (Å²) >= 11 is 0. The highest BCUT2D eigenvalue weighted by Gasteiger charge is 2.44. The van der Waals surface area contributed by atoms with Gasteiger partial charge in [-0.1, -0.05) is 6.92 Å². The first kappa shape index (κ1) is 7.53. The molecule has 0 amide bonds. The molecule has 0 spiro atoms. The minimum absolute atomic E-state index is 0.0822. The molecule has 1 aliphatic carbocycles. The van der Waals surface area contributed by atoms with Crippen LogP contribution in [0.15, 0.2) is 0 Å². The fourth-order valence-electron chi connectivity index (χ4n) is 2.08. The van der Waals surface area contributed by atoms with Crippen molar-refractivity contribution in [2.45, 2.75) is 38.3 Å². The van der Waals surface area contributed by atoms with Crippen LogP contribution in [0, 0.1) is 11.8 Å². The summed E-state index contributed by atoms with van der Waals surface area (Å²) in [5.41, 5.74) is 0. The van der Waals surface area contributed by atoms with E-state index in [9.17, 15) is 10.2 Å². The van der Waals surface area contributed by atoms with E-state index in [1.54, 1.807) is 0 Å². The zero-order valence-corrected chi connectivity index (χ0v) is 6.60. The number of fused-ring (bicyclic) bond motifs is 2. The van der Waals surface area contributed by atoms with Crippen LogP contribution in [0.5, 0.6) is 0 Å². The van der Waals surface area contributed by atoms with E-state index >= 15 is 0 Å². The number of aliphatic hydroxyl groups excluding tert-OH is 2. The lowest BCUT2D eigenvalue weighted by Crippen LogP contribution is -2.33. The fourth-order valence-corrected chi connectivity index (χ4v) is 2.08. The maximum absolute atomic E-state index is 9.49. The lowest BCUT2D eigenvalue weighted by molar-refractivity contribution is -0.110. The molecule has 2 fully saturated rings. The number of aliphatic hydroxyl groups is 2. The molecule has 4 unspecified atom stereocenters. The van der Waals surface area contributed by atoms with E-state index in [1.165, 1.54) is 0 Å². The van der Waals surface area contributed by atoms with Crippen LogP contribution in [0.2, 0.25) is 0 Å². The van der Waals surface area contributed by atoms with Gasteiger partial charge in [-0.2, -0.15) is 0 Å². The van der Waals surface area contributed by atoms with Gasteiger partial charge in [0.05, 0.1) is 12.2 Å². The van der Waals surface area contributed by atoms with Crippen LogP contribution >= 0.6 is 0 Å². The zero-order valence-electron chi connectivity index (χ0n) is 6.60. The molecule has 0 radical (unpaired) electrons. The summed E-state index contributed by atoms with van der Waals surface area (Å²) in [6.07, 6.45) is 0.785. The van der Waals surface area contributed by atoms with Gasteiger partial charge in [0.15, 0.2) is 6.29 Å². The van der Waals surface area contributed by atoms with Gasteiger partial charge in [-0.05, 0) is 12.8 Å². The van der Waals surface area contributed by atoms with Gasteiger partial charge in [0, 0.05) is 11.8 Å². The van der Waals surface area contributed by atoms with Crippen LogP contribution in [-0.2, 0) is 4.74 Å². The third-order valence-corrected chi connectivity index (χ3v) is 2.99. The highest BCUT2D eigenvalue weighted by molar-refractivity contribution is 4.90. The Labute approximate surface area is 66.0 Å². The molecule has 1 heterocycles. The van der Waals surface area contributed by atoms with Gasteiger partial charge < -0.3 is 14.9 Å². The van der Waals surface area contributed by atoms with Crippen LogP contribution in [0.1, 0.15) is 19.8 Å². The molecule has 0 aromatic rings. The first-order chi connectivity index (χ1) is 5.18. The van der Waals surface area contributed by atoms with Gasteiger partial charge >= 0.3 is 0 Å². The van der Waals surface area contributed by atoms with Crippen molar-refractivity contribution in [2.24, 2.45) is 11.8 Å². The summed E-state index contributed by atoms with van der Waals surface area (Å²) in [5.74, 6) is 0.356. The molecular formula is C8H14O3. The number of hydrogen-bond donors (Lipinski definition) is 2. The van der Waals surface area contributed by atoms with E-state index in [0.29, 0.717) is 6.42 Å². The second-order valence-electron chi connectivity index (χ2n) is 3.72. The second kappa shape index (κ2) is 2.44. The normalized spacial score (nSPS) is 56.5. The van der Waals surface area contributed by atoms with E-state index in [-0.39, 0.29) is 24.0 Å². The average Bonchev–Trinajstić information content (AvgIpc) is 2.26. The van der Waals surface area contributed by atoms with Gasteiger partial charge in [-0.3, -0.25) is 0 Å². The van der Waals surface area contributed by atoms with Crippen LogP contribution in [0.3, 0.4) is 0 Å². The molecule has 3 nitrogen and oxygen atoms in total. The summed E-state index contributed by atoms with van der Waals surface area (Å²) in [5, 5.41) is 18.8. The third kappa shape index (κ3) is 1.08. The van der Waals surface area contributed by atoms with Gasteiger partial charge in [-0.25, -0.2) is 0 Å². The quantitative estimate of drug-likeness (QED) is 0.526. The molecule has 2 bridgehead atoms. The Morgan fingerprint density at radius 2 is 2.00 bits per heavy atom. The number of ether oxygens (including phenoxy) is 1. The van der Waals surface area contributed by atoms with E-state index in [4.69, 9.17) is 4.74 Å². The highest BCUT2D eigenvalue weighted by atomic mass is 16.6. The maximum Gasteiger partial charge on any atom is 0.157 e. The average molecular weight is 158 g/mol. The molecule has 1 aliphatic heterocycles. The summed E-state index contributed by atoms with van der Waals surface area (Å²) in [6, 6.07) is 0. The standard InChI is InChI=1S/C8H14O3/c1-4-6(9)2-5-3-7(4)11-8(5)10/h4-10H,2-3H2,1H3/t4-,5?,6?,7?,8?/m0/s1. The lowest BCUT2D eigenvalue weighted by atomic mass is 9.81. The molecule has 2 N–H and O–H groups in total. The molecule has 3 heteroatoms. The number of hydrogen-bond acceptors (Lipinski definition) is 3. The Morgan fingerprint density at radius 1 is 1.27 bits per heavy atom. The molecule has 11 heavy (non-hydrogen) atoms. The van der Waals surface area contributed by atoms with Gasteiger partial charge in [0.1, 0.15) is 0 Å². The Morgan fingerprint density at radius 3 is 2.73 bits per heavy atom. The van der Waals surface area contributed by atoms with Crippen LogP contribution in [0.25, 0.3) is 0 Å². The van der Waals surface area contributed by atoms with E-state index in [2.05, 4.69) is 0 Å². The number of rotatable bonds is 0. The molecule has 0 aromatic heterocycles. The summed E-state index contributed by atoms with van der Waals surface area (Å²) in [6.45, 7) is 1.98. The molecule has 1 saturated heterocycles. The molecular weight excluding hydrogens is 144 g/mol. The van der Waals surface area contributed by atoms with Crippen molar-refractivity contribution in [1.82, 2.24) is 0 Å². The van der Waals surface area contributed by atoms with Crippen LogP contribution in [0.4, 0.5) is 0 Å². The van der Waals surface area contributed by atoms with Gasteiger partial charge in [-0.15, -0.1) is 0 Å². The minimum atomic E-state index is -0.625. The van der Waals surface area contributed by atoms with Crippen molar-refractivity contribution < 1.29 is 14.9 Å². The second-order valence-corrected chi connectivity index (χ2v) is 3.72. The molecule has 2 aliphatic rings. The predicted octanol–water partition coefficient (Wildman–Crippen LogP) is 0.111. The maximum atomic E-state index is 9.49. The zero-order chi connectivity index (χ0) is 8.01. The highest BCUT2D eigenvalue weighted by Crippen LogP contribution is 2.39. The molecule has 64 valence electrons. The van der Waals surface area contributed by atoms with E-state index < -0.39 is 6.29 Å². The van der Waals surface area contributed by atoms with Gasteiger partial charge in [0.2, 0.25) is 0 Å². The molecule has 5 atom stereocenters. The van der Waals surface area contributed by atoms with Crippen molar-refractivity contribution in [3.8, 4) is 0 Å². The fraction of sp³-hybridized carbons (Fsp3) is 1.00. The van der Waals surface area contributed by atoms with Crippen molar-refractivity contribution in [3.05, 3.63) is 0 Å². The van der Waals surface area contributed by atoms with Crippen LogP contribution < -0.4 is 0 Å². The lowest BCUT2D eigenvalue weighted by Gasteiger charge is -2.28. The van der Waals surface area contributed by atoms with Crippen molar-refractivity contribution in [1.29, 1.82) is 0 Å². The Kier molecular flexibility index (Phi) is 1.67. The first-order valence-corrected chi connectivity index (χ1v) is 4.20. The predicted molar refractivity (Wildman–Crippen MR) is 38.8 cm³/mol. The minimum Gasteiger partial charge on any atom is -0.393 e. The summed E-state index contributed by atoms with van der Waals surface area (Å²) in [4.78, 5) is 0. The Hall–Kier alpha value is -0.120. The van der Waals surface area contributed by atoms with Crippen molar-refractivity contribution in [3.63, 3.8) is 0 Å². The van der Waals surface area contributed by atoms with Crippen molar-refractivity contribution in [2.75, 3.05) is 0 Å². The Bertz CT molecular complexity index is 157. The Balaban J connectivity index is 2.12. The van der Waals surface area contributed by atoms with Crippen LogP contribution in [-0.4, -0.2) is 28.7 Å². The monoisotopic (exact) mass is 158 g/mol. The molecule has 1 saturated carbocycles. The van der Waals surface area contributed by atoms with Crippen molar-refractivity contribution >= 4 is 0 Å². The summed E-state index contributed by atoms with van der Waals surface area (Å²) in [7, 11) is 0. The van der Waals surface area contributed by atoms with Gasteiger partial charge in [0.25, 0.3) is 0 Å². The molecule has 2 rings (SSSR count). The largest absolute Gasteiger partial charge is 0.393 e. The smallest absolute Gasteiger partial charge is 0.157 e. The molecule has 0 aromatic carbocycles. The van der Waals surface area contributed by atoms with E-state index in [1.807, 2.05) is 6.92 Å². The first-order valence-electron chi connectivity index (χ1n) is 4.20. The SMILES string of the molecule is C[C@H]1C(O)CC2CC1OC2O. The topological polar surface area (TPSA) is 49.7 Å². The summed E-state index contributed by atoms with van der Waals surface area (Å²) < 4.78 is 5.26. The third-order valence-electron chi connectivity index (χ3n) is 2.99.